The molecular weight excluding hydrogens is 348 g/mol. The first-order chi connectivity index (χ1) is 8.91. The number of hydrogen-bond acceptors (Lipinski definition) is 4. The molecule has 0 unspecified atom stereocenters. The maximum absolute atomic E-state index is 12.5. The van der Waals surface area contributed by atoms with Crippen molar-refractivity contribution in [3.63, 3.8) is 0 Å². The van der Waals surface area contributed by atoms with Crippen LogP contribution >= 0.6 is 27.3 Å². The average molecular weight is 361 g/mol. The van der Waals surface area contributed by atoms with Gasteiger partial charge in [0.25, 0.3) is 0 Å². The van der Waals surface area contributed by atoms with Gasteiger partial charge in [-0.3, -0.25) is 4.98 Å². The molecule has 0 aromatic carbocycles. The fourth-order valence-electron chi connectivity index (χ4n) is 1.69. The summed E-state index contributed by atoms with van der Waals surface area (Å²) in [5.74, 6) is 0. The molecule has 0 spiro atoms. The Kier molecular flexibility index (Phi) is 4.39. The van der Waals surface area contributed by atoms with Crippen molar-refractivity contribution in [1.29, 1.82) is 0 Å². The maximum atomic E-state index is 12.5. The van der Waals surface area contributed by atoms with Crippen molar-refractivity contribution >= 4 is 37.3 Å². The molecule has 0 aliphatic carbocycles. The SMILES string of the molecule is Cc1sc(Br)cc1S(=O)(=O)N(C)Cc1cccnc1. The Morgan fingerprint density at radius 2 is 2.21 bits per heavy atom. The first-order valence-corrected chi connectivity index (χ1v) is 8.57. The van der Waals surface area contributed by atoms with Crippen molar-refractivity contribution in [2.45, 2.75) is 18.4 Å². The molecule has 0 amide bonds. The monoisotopic (exact) mass is 360 g/mol. The summed E-state index contributed by atoms with van der Waals surface area (Å²) in [5.41, 5.74) is 0.862. The predicted octanol–water partition coefficient (Wildman–Crippen LogP) is 3.03. The summed E-state index contributed by atoms with van der Waals surface area (Å²) in [7, 11) is -1.88. The minimum absolute atomic E-state index is 0.309. The van der Waals surface area contributed by atoms with E-state index in [0.717, 1.165) is 14.2 Å². The van der Waals surface area contributed by atoms with Crippen molar-refractivity contribution < 1.29 is 8.42 Å². The molecular formula is C12H13BrN2O2S2. The Labute approximate surface area is 125 Å². The first kappa shape index (κ1) is 14.6. The van der Waals surface area contributed by atoms with E-state index in [2.05, 4.69) is 20.9 Å². The zero-order valence-corrected chi connectivity index (χ0v) is 13.7. The van der Waals surface area contributed by atoms with Crippen molar-refractivity contribution in [2.24, 2.45) is 0 Å². The molecule has 0 saturated carbocycles. The number of rotatable bonds is 4. The minimum Gasteiger partial charge on any atom is -0.264 e. The van der Waals surface area contributed by atoms with Gasteiger partial charge in [-0.05, 0) is 40.5 Å². The lowest BCUT2D eigenvalue weighted by atomic mass is 10.3. The van der Waals surface area contributed by atoms with Crippen molar-refractivity contribution in [3.8, 4) is 0 Å². The number of thiophene rings is 1. The average Bonchev–Trinajstić information content (AvgIpc) is 2.70. The molecule has 0 bridgehead atoms. The summed E-state index contributed by atoms with van der Waals surface area (Å²) in [6, 6.07) is 5.30. The van der Waals surface area contributed by atoms with E-state index in [1.165, 1.54) is 15.6 Å². The van der Waals surface area contributed by atoms with Crippen LogP contribution in [0.3, 0.4) is 0 Å². The van der Waals surface area contributed by atoms with Gasteiger partial charge >= 0.3 is 0 Å². The third-order valence-electron chi connectivity index (χ3n) is 2.66. The first-order valence-electron chi connectivity index (χ1n) is 5.52. The fraction of sp³-hybridized carbons (Fsp3) is 0.250. The molecule has 0 fully saturated rings. The van der Waals surface area contributed by atoms with Gasteiger partial charge in [0.2, 0.25) is 10.0 Å². The van der Waals surface area contributed by atoms with E-state index in [1.807, 2.05) is 6.07 Å². The number of aromatic nitrogens is 1. The highest BCUT2D eigenvalue weighted by atomic mass is 79.9. The van der Waals surface area contributed by atoms with E-state index in [9.17, 15) is 8.42 Å². The largest absolute Gasteiger partial charge is 0.264 e. The Morgan fingerprint density at radius 3 is 2.74 bits per heavy atom. The number of pyridine rings is 1. The highest BCUT2D eigenvalue weighted by Gasteiger charge is 2.24. The van der Waals surface area contributed by atoms with Gasteiger partial charge < -0.3 is 0 Å². The third-order valence-corrected chi connectivity index (χ3v) is 6.27. The summed E-state index contributed by atoms with van der Waals surface area (Å²) in [4.78, 5) is 5.13. The lowest BCUT2D eigenvalue weighted by Gasteiger charge is -2.16. The van der Waals surface area contributed by atoms with Gasteiger partial charge in [0, 0.05) is 30.9 Å². The molecule has 19 heavy (non-hydrogen) atoms. The lowest BCUT2D eigenvalue weighted by molar-refractivity contribution is 0.466. The highest BCUT2D eigenvalue weighted by Crippen LogP contribution is 2.31. The summed E-state index contributed by atoms with van der Waals surface area (Å²) >= 11 is 4.74. The Hall–Kier alpha value is -0.760. The van der Waals surface area contributed by atoms with E-state index in [-0.39, 0.29) is 0 Å². The van der Waals surface area contributed by atoms with Gasteiger partial charge in [0.05, 0.1) is 8.68 Å². The molecule has 4 nitrogen and oxygen atoms in total. The van der Waals surface area contributed by atoms with Crippen LogP contribution in [0.4, 0.5) is 0 Å². The van der Waals surface area contributed by atoms with Gasteiger partial charge in [-0.2, -0.15) is 4.31 Å². The van der Waals surface area contributed by atoms with Crippen molar-refractivity contribution in [1.82, 2.24) is 9.29 Å². The van der Waals surface area contributed by atoms with Crippen LogP contribution < -0.4 is 0 Å². The third kappa shape index (κ3) is 3.22. The van der Waals surface area contributed by atoms with Crippen molar-refractivity contribution in [3.05, 3.63) is 44.8 Å². The maximum Gasteiger partial charge on any atom is 0.244 e. The lowest BCUT2D eigenvalue weighted by Crippen LogP contribution is -2.26. The number of hydrogen-bond donors (Lipinski definition) is 0. The zero-order chi connectivity index (χ0) is 14.0. The molecule has 2 aromatic heterocycles. The highest BCUT2D eigenvalue weighted by molar-refractivity contribution is 9.11. The molecule has 102 valence electrons. The molecule has 0 N–H and O–H groups in total. The van der Waals surface area contributed by atoms with Crippen LogP contribution in [0.25, 0.3) is 0 Å². The Bertz CT molecular complexity index is 668. The number of aryl methyl sites for hydroxylation is 1. The second-order valence-electron chi connectivity index (χ2n) is 4.09. The second-order valence-corrected chi connectivity index (χ2v) is 8.74. The predicted molar refractivity (Wildman–Crippen MR) is 79.6 cm³/mol. The number of halogens is 1. The molecule has 0 aliphatic rings. The summed E-state index contributed by atoms with van der Waals surface area (Å²) in [6.07, 6.45) is 3.33. The Balaban J connectivity index is 2.27. The van der Waals surface area contributed by atoms with Gasteiger partial charge in [-0.25, -0.2) is 8.42 Å². The fourth-order valence-corrected chi connectivity index (χ4v) is 5.23. The summed E-state index contributed by atoms with van der Waals surface area (Å²) < 4.78 is 27.1. The minimum atomic E-state index is -3.46. The number of nitrogens with zero attached hydrogens (tertiary/aromatic N) is 2. The summed E-state index contributed by atoms with van der Waals surface area (Å²) in [6.45, 7) is 2.11. The van der Waals surface area contributed by atoms with E-state index >= 15 is 0 Å². The molecule has 0 saturated heterocycles. The molecule has 0 radical (unpaired) electrons. The van der Waals surface area contributed by atoms with E-state index in [4.69, 9.17) is 0 Å². The molecule has 2 heterocycles. The second kappa shape index (κ2) is 5.70. The topological polar surface area (TPSA) is 50.3 Å². The van der Waals surface area contributed by atoms with Crippen LogP contribution in [0.15, 0.2) is 39.3 Å². The normalized spacial score (nSPS) is 12.0. The number of sulfonamides is 1. The van der Waals surface area contributed by atoms with Gasteiger partial charge in [-0.15, -0.1) is 11.3 Å². The zero-order valence-electron chi connectivity index (χ0n) is 10.5. The van der Waals surface area contributed by atoms with E-state index in [0.29, 0.717) is 11.4 Å². The smallest absolute Gasteiger partial charge is 0.244 e. The van der Waals surface area contributed by atoms with Crippen LogP contribution in [-0.2, 0) is 16.6 Å². The van der Waals surface area contributed by atoms with Crippen molar-refractivity contribution in [2.75, 3.05) is 7.05 Å². The Morgan fingerprint density at radius 1 is 1.47 bits per heavy atom. The van der Waals surface area contributed by atoms with E-state index < -0.39 is 10.0 Å². The molecule has 2 aromatic rings. The quantitative estimate of drug-likeness (QED) is 0.841. The van der Waals surface area contributed by atoms with E-state index in [1.54, 1.807) is 38.5 Å². The van der Waals surface area contributed by atoms with Crippen LogP contribution in [0, 0.1) is 6.92 Å². The summed E-state index contributed by atoms with van der Waals surface area (Å²) in [5, 5.41) is 0. The standard InChI is InChI=1S/C12H13BrN2O2S2/c1-9-11(6-12(13)18-9)19(16,17)15(2)8-10-4-3-5-14-7-10/h3-7H,8H2,1-2H3. The van der Waals surface area contributed by atoms with Crippen LogP contribution in [0.1, 0.15) is 10.4 Å². The van der Waals surface area contributed by atoms with Crippen LogP contribution in [-0.4, -0.2) is 24.8 Å². The molecule has 0 aliphatic heterocycles. The van der Waals surface area contributed by atoms with Crippen LogP contribution in [0.5, 0.6) is 0 Å². The van der Waals surface area contributed by atoms with Gasteiger partial charge in [0.15, 0.2) is 0 Å². The van der Waals surface area contributed by atoms with Crippen LogP contribution in [0.2, 0.25) is 0 Å². The molecule has 7 heteroatoms. The molecule has 0 atom stereocenters. The molecule has 2 rings (SSSR count). The van der Waals surface area contributed by atoms with Gasteiger partial charge in [-0.1, -0.05) is 6.07 Å². The van der Waals surface area contributed by atoms with Gasteiger partial charge in [0.1, 0.15) is 0 Å².